The number of fused-ring (bicyclic) bond motifs is 3. The molecule has 152 valence electrons. The number of carbonyl (C=O) groups is 2. The number of nitrogens with one attached hydrogen (secondary N) is 1. The van der Waals surface area contributed by atoms with Gasteiger partial charge < -0.3 is 16.2 Å². The summed E-state index contributed by atoms with van der Waals surface area (Å²) in [6, 6.07) is 3.90. The topological polar surface area (TPSA) is 92.4 Å². The lowest BCUT2D eigenvalue weighted by Gasteiger charge is -2.52. The van der Waals surface area contributed by atoms with Crippen LogP contribution in [0.4, 0.5) is 0 Å². The van der Waals surface area contributed by atoms with Crippen molar-refractivity contribution in [3.05, 3.63) is 28.8 Å². The molecule has 4 rings (SSSR count). The highest BCUT2D eigenvalue weighted by molar-refractivity contribution is 5.96. The second kappa shape index (κ2) is 7.51. The van der Waals surface area contributed by atoms with Crippen LogP contribution < -0.4 is 11.1 Å². The molecular formula is C23H32N2O3. The standard InChI is InChI=1S/C23H32N2O3/c1-2-10-23-12-16(26)7-9-18(23)19(25-13-14-4-3-5-14)11-15-6-8-17(22(24)28)21(27)20(15)23/h6,8,14,18-19,25,27H,2-5,7,9-13H2,1H3,(H2,24,28)/t18-,19+,23-/m0/s1. The Labute approximate surface area is 167 Å². The molecule has 0 saturated heterocycles. The summed E-state index contributed by atoms with van der Waals surface area (Å²) < 4.78 is 0. The molecule has 5 nitrogen and oxygen atoms in total. The lowest BCUT2D eigenvalue weighted by Crippen LogP contribution is -2.56. The zero-order valence-corrected chi connectivity index (χ0v) is 16.8. The van der Waals surface area contributed by atoms with Crippen molar-refractivity contribution in [3.8, 4) is 5.75 Å². The van der Waals surface area contributed by atoms with Gasteiger partial charge in [-0.3, -0.25) is 9.59 Å². The number of phenols is 1. The predicted molar refractivity (Wildman–Crippen MR) is 108 cm³/mol. The van der Waals surface area contributed by atoms with Crippen LogP contribution in [-0.4, -0.2) is 29.4 Å². The molecule has 0 radical (unpaired) electrons. The molecule has 0 aliphatic heterocycles. The van der Waals surface area contributed by atoms with Crippen molar-refractivity contribution in [2.24, 2.45) is 17.6 Å². The third-order valence-corrected chi connectivity index (χ3v) is 7.50. The molecule has 2 fully saturated rings. The maximum absolute atomic E-state index is 12.6. The van der Waals surface area contributed by atoms with Gasteiger partial charge in [0.25, 0.3) is 5.91 Å². The zero-order valence-electron chi connectivity index (χ0n) is 16.8. The Morgan fingerprint density at radius 2 is 2.11 bits per heavy atom. The Morgan fingerprint density at radius 3 is 2.75 bits per heavy atom. The van der Waals surface area contributed by atoms with Crippen LogP contribution in [0.15, 0.2) is 12.1 Å². The number of primary amides is 1. The molecule has 4 N–H and O–H groups in total. The number of amides is 1. The van der Waals surface area contributed by atoms with Crippen molar-refractivity contribution in [2.45, 2.75) is 76.2 Å². The maximum Gasteiger partial charge on any atom is 0.252 e. The minimum absolute atomic E-state index is 0.00981. The van der Waals surface area contributed by atoms with Gasteiger partial charge in [-0.15, -0.1) is 0 Å². The lowest BCUT2D eigenvalue weighted by atomic mass is 9.53. The van der Waals surface area contributed by atoms with Gasteiger partial charge in [-0.1, -0.05) is 25.8 Å². The van der Waals surface area contributed by atoms with Gasteiger partial charge in [0.1, 0.15) is 11.5 Å². The third kappa shape index (κ3) is 3.14. The highest BCUT2D eigenvalue weighted by Crippen LogP contribution is 2.55. The molecule has 0 unspecified atom stereocenters. The van der Waals surface area contributed by atoms with Crippen molar-refractivity contribution in [1.29, 1.82) is 0 Å². The van der Waals surface area contributed by atoms with E-state index in [1.165, 1.54) is 19.3 Å². The smallest absolute Gasteiger partial charge is 0.252 e. The third-order valence-electron chi connectivity index (χ3n) is 7.50. The van der Waals surface area contributed by atoms with E-state index in [0.717, 1.165) is 49.3 Å². The molecule has 1 amide bonds. The first-order chi connectivity index (χ1) is 13.5. The van der Waals surface area contributed by atoms with Gasteiger partial charge in [0, 0.05) is 29.9 Å². The molecular weight excluding hydrogens is 352 g/mol. The van der Waals surface area contributed by atoms with Gasteiger partial charge in [0.15, 0.2) is 0 Å². The number of Topliss-reactive ketones (excluding diaryl/α,β-unsaturated/α-hetero) is 1. The molecule has 0 aromatic heterocycles. The predicted octanol–water partition coefficient (Wildman–Crippen LogP) is 3.21. The fourth-order valence-corrected chi connectivity index (χ4v) is 6.04. The first kappa shape index (κ1) is 19.4. The quantitative estimate of drug-likeness (QED) is 0.702. The van der Waals surface area contributed by atoms with Crippen molar-refractivity contribution in [2.75, 3.05) is 6.54 Å². The average Bonchev–Trinajstić information content (AvgIpc) is 2.59. The molecule has 0 heterocycles. The maximum atomic E-state index is 12.6. The summed E-state index contributed by atoms with van der Waals surface area (Å²) in [6.07, 6.45) is 8.47. The van der Waals surface area contributed by atoms with Crippen LogP contribution >= 0.6 is 0 Å². The number of ketones is 1. The number of aromatic hydroxyl groups is 1. The van der Waals surface area contributed by atoms with Crippen LogP contribution in [0.25, 0.3) is 0 Å². The first-order valence-electron chi connectivity index (χ1n) is 10.9. The Morgan fingerprint density at radius 1 is 1.32 bits per heavy atom. The highest BCUT2D eigenvalue weighted by Gasteiger charge is 2.52. The van der Waals surface area contributed by atoms with E-state index in [2.05, 4.69) is 12.2 Å². The van der Waals surface area contributed by atoms with E-state index in [-0.39, 0.29) is 17.1 Å². The normalized spacial score (nSPS) is 29.7. The Kier molecular flexibility index (Phi) is 5.21. The summed E-state index contributed by atoms with van der Waals surface area (Å²) >= 11 is 0. The van der Waals surface area contributed by atoms with E-state index in [0.29, 0.717) is 24.8 Å². The monoisotopic (exact) mass is 384 g/mol. The Hall–Kier alpha value is -1.88. The van der Waals surface area contributed by atoms with Crippen LogP contribution in [0, 0.1) is 11.8 Å². The van der Waals surface area contributed by atoms with Crippen molar-refractivity contribution in [3.63, 3.8) is 0 Å². The molecule has 0 spiro atoms. The van der Waals surface area contributed by atoms with Gasteiger partial charge in [-0.25, -0.2) is 0 Å². The summed E-state index contributed by atoms with van der Waals surface area (Å²) in [7, 11) is 0. The van der Waals surface area contributed by atoms with E-state index in [1.54, 1.807) is 6.07 Å². The minimum Gasteiger partial charge on any atom is -0.507 e. The molecule has 3 aliphatic carbocycles. The van der Waals surface area contributed by atoms with Crippen LogP contribution in [-0.2, 0) is 16.6 Å². The van der Waals surface area contributed by atoms with Crippen molar-refractivity contribution >= 4 is 11.7 Å². The summed E-state index contributed by atoms with van der Waals surface area (Å²) in [5.41, 5.74) is 7.17. The Bertz CT molecular complexity index is 786. The van der Waals surface area contributed by atoms with E-state index >= 15 is 0 Å². The first-order valence-corrected chi connectivity index (χ1v) is 10.9. The summed E-state index contributed by atoms with van der Waals surface area (Å²) in [5.74, 6) is 0.732. The van der Waals surface area contributed by atoms with E-state index in [1.807, 2.05) is 6.07 Å². The SMILES string of the molecule is CCC[C@]12CC(=O)CC[C@H]1[C@H](NCC1CCC1)Cc1ccc(C(N)=O)c(O)c12. The number of carbonyl (C=O) groups excluding carboxylic acids is 2. The molecule has 1 aromatic rings. The zero-order chi connectivity index (χ0) is 19.9. The summed E-state index contributed by atoms with van der Waals surface area (Å²) in [4.78, 5) is 24.4. The highest BCUT2D eigenvalue weighted by atomic mass is 16.3. The molecule has 5 heteroatoms. The molecule has 3 atom stereocenters. The fourth-order valence-electron chi connectivity index (χ4n) is 6.04. The van der Waals surface area contributed by atoms with Gasteiger partial charge >= 0.3 is 0 Å². The van der Waals surface area contributed by atoms with Crippen LogP contribution in [0.3, 0.4) is 0 Å². The molecule has 2 saturated carbocycles. The molecule has 28 heavy (non-hydrogen) atoms. The molecule has 0 bridgehead atoms. The van der Waals surface area contributed by atoms with Crippen LogP contribution in [0.1, 0.15) is 79.8 Å². The average molecular weight is 385 g/mol. The lowest BCUT2D eigenvalue weighted by molar-refractivity contribution is -0.124. The molecule has 3 aliphatic rings. The van der Waals surface area contributed by atoms with Crippen LogP contribution in [0.5, 0.6) is 5.75 Å². The van der Waals surface area contributed by atoms with Gasteiger partial charge in [0.2, 0.25) is 0 Å². The largest absolute Gasteiger partial charge is 0.507 e. The second-order valence-electron chi connectivity index (χ2n) is 9.14. The second-order valence-corrected chi connectivity index (χ2v) is 9.14. The molecule has 1 aromatic carbocycles. The number of hydrogen-bond donors (Lipinski definition) is 3. The van der Waals surface area contributed by atoms with Crippen LogP contribution in [0.2, 0.25) is 0 Å². The number of benzene rings is 1. The van der Waals surface area contributed by atoms with E-state index in [9.17, 15) is 14.7 Å². The summed E-state index contributed by atoms with van der Waals surface area (Å²) in [5, 5.41) is 14.9. The van der Waals surface area contributed by atoms with Gasteiger partial charge in [-0.2, -0.15) is 0 Å². The van der Waals surface area contributed by atoms with E-state index in [4.69, 9.17) is 5.73 Å². The number of nitrogens with two attached hydrogens (primary N) is 1. The number of hydrogen-bond acceptors (Lipinski definition) is 4. The van der Waals surface area contributed by atoms with Crippen molar-refractivity contribution < 1.29 is 14.7 Å². The minimum atomic E-state index is -0.615. The van der Waals surface area contributed by atoms with E-state index < -0.39 is 11.3 Å². The van der Waals surface area contributed by atoms with Gasteiger partial charge in [-0.05, 0) is 62.1 Å². The van der Waals surface area contributed by atoms with Gasteiger partial charge in [0.05, 0.1) is 5.56 Å². The van der Waals surface area contributed by atoms with Crippen molar-refractivity contribution in [1.82, 2.24) is 5.32 Å². The Balaban J connectivity index is 1.79. The summed E-state index contributed by atoms with van der Waals surface area (Å²) in [6.45, 7) is 3.17. The fraction of sp³-hybridized carbons (Fsp3) is 0.652. The number of rotatable bonds is 6.